The average molecular weight is 292 g/mol. The van der Waals surface area contributed by atoms with E-state index in [-0.39, 0.29) is 0 Å². The number of methoxy groups -OCH3 is 2. The molecule has 2 N–H and O–H groups in total. The predicted octanol–water partition coefficient (Wildman–Crippen LogP) is 2.30. The molecule has 0 aromatic heterocycles. The third-order valence-corrected chi connectivity index (χ3v) is 4.90. The molecule has 1 saturated heterocycles. The number of likely N-dealkylation sites (tertiary alicyclic amines) is 1. The number of rotatable bonds is 5. The van der Waals surface area contributed by atoms with Crippen molar-refractivity contribution in [3.05, 3.63) is 23.8 Å². The number of piperidine rings is 1. The molecule has 1 aromatic rings. The largest absolute Gasteiger partial charge is 0.493 e. The second-order valence-corrected chi connectivity index (χ2v) is 6.03. The van der Waals surface area contributed by atoms with Crippen molar-refractivity contribution < 1.29 is 9.47 Å². The second kappa shape index (κ2) is 7.14. The molecule has 1 aromatic carbocycles. The van der Waals surface area contributed by atoms with Crippen molar-refractivity contribution in [2.24, 2.45) is 11.7 Å². The van der Waals surface area contributed by atoms with Crippen LogP contribution in [-0.2, 0) is 6.42 Å². The van der Waals surface area contributed by atoms with E-state index >= 15 is 0 Å². The maximum absolute atomic E-state index is 6.15. The van der Waals surface area contributed by atoms with E-state index < -0.39 is 0 Å². The molecule has 1 aliphatic heterocycles. The monoisotopic (exact) mass is 292 g/mol. The molecule has 0 bridgehead atoms. The maximum Gasteiger partial charge on any atom is 0.160 e. The van der Waals surface area contributed by atoms with Crippen molar-refractivity contribution in [3.63, 3.8) is 0 Å². The Labute approximate surface area is 128 Å². The predicted molar refractivity (Wildman–Crippen MR) is 86.0 cm³/mol. The summed E-state index contributed by atoms with van der Waals surface area (Å²) < 4.78 is 10.6. The number of nitrogens with zero attached hydrogens (tertiary/aromatic N) is 1. The highest BCUT2D eigenvalue weighted by atomic mass is 16.5. The molecule has 0 saturated carbocycles. The third-order valence-electron chi connectivity index (χ3n) is 4.90. The molecule has 0 amide bonds. The lowest BCUT2D eigenvalue weighted by Crippen LogP contribution is -2.52. The van der Waals surface area contributed by atoms with Crippen molar-refractivity contribution in [1.29, 1.82) is 0 Å². The Morgan fingerprint density at radius 1 is 1.19 bits per heavy atom. The lowest BCUT2D eigenvalue weighted by atomic mass is 9.87. The normalized spacial score (nSPS) is 26.6. The summed E-state index contributed by atoms with van der Waals surface area (Å²) in [6.07, 6.45) is 2.12. The number of nitrogens with two attached hydrogens (primary N) is 1. The van der Waals surface area contributed by atoms with E-state index in [0.29, 0.717) is 18.0 Å². The van der Waals surface area contributed by atoms with Crippen LogP contribution in [0.5, 0.6) is 11.5 Å². The highest BCUT2D eigenvalue weighted by Crippen LogP contribution is 2.28. The summed E-state index contributed by atoms with van der Waals surface area (Å²) in [7, 11) is 3.34. The maximum atomic E-state index is 6.15. The zero-order valence-corrected chi connectivity index (χ0v) is 13.6. The topological polar surface area (TPSA) is 47.7 Å². The van der Waals surface area contributed by atoms with Crippen LogP contribution in [0, 0.1) is 5.92 Å². The number of benzene rings is 1. The van der Waals surface area contributed by atoms with Gasteiger partial charge in [0.15, 0.2) is 11.5 Å². The molecule has 2 rings (SSSR count). The highest BCUT2D eigenvalue weighted by molar-refractivity contribution is 5.42. The first-order valence-corrected chi connectivity index (χ1v) is 7.77. The van der Waals surface area contributed by atoms with Crippen molar-refractivity contribution in [3.8, 4) is 11.5 Å². The standard InChI is InChI=1S/C17H28N2O2/c1-12-13(2)19(10-8-15(12)18)9-7-14-5-6-16(20-3)17(11-14)21-4/h5-6,11-13,15H,7-10,18H2,1-4H3. The van der Waals surface area contributed by atoms with Crippen LogP contribution in [-0.4, -0.2) is 44.3 Å². The Morgan fingerprint density at radius 2 is 1.90 bits per heavy atom. The van der Waals surface area contributed by atoms with E-state index in [2.05, 4.69) is 30.9 Å². The molecule has 3 unspecified atom stereocenters. The highest BCUT2D eigenvalue weighted by Gasteiger charge is 2.29. The first-order valence-electron chi connectivity index (χ1n) is 7.77. The van der Waals surface area contributed by atoms with E-state index in [0.717, 1.165) is 37.4 Å². The molecular weight excluding hydrogens is 264 g/mol. The SMILES string of the molecule is COc1ccc(CCN2CCC(N)C(C)C2C)cc1OC. The first kappa shape index (κ1) is 16.1. The van der Waals surface area contributed by atoms with Gasteiger partial charge in [0.1, 0.15) is 0 Å². The van der Waals surface area contributed by atoms with Crippen LogP contribution in [0.4, 0.5) is 0 Å². The summed E-state index contributed by atoms with van der Waals surface area (Å²) in [4.78, 5) is 2.55. The average Bonchev–Trinajstić information content (AvgIpc) is 2.51. The van der Waals surface area contributed by atoms with Gasteiger partial charge in [0.25, 0.3) is 0 Å². The molecule has 1 aliphatic rings. The van der Waals surface area contributed by atoms with Gasteiger partial charge in [0, 0.05) is 18.6 Å². The van der Waals surface area contributed by atoms with Crippen molar-refractivity contribution in [2.45, 2.75) is 38.8 Å². The van der Waals surface area contributed by atoms with Gasteiger partial charge in [-0.2, -0.15) is 0 Å². The summed E-state index contributed by atoms with van der Waals surface area (Å²) >= 11 is 0. The van der Waals surface area contributed by atoms with Crippen LogP contribution in [0.2, 0.25) is 0 Å². The molecule has 0 spiro atoms. The lowest BCUT2D eigenvalue weighted by Gasteiger charge is -2.41. The Balaban J connectivity index is 1.97. The minimum absolute atomic E-state index is 0.345. The molecule has 3 atom stereocenters. The van der Waals surface area contributed by atoms with Gasteiger partial charge in [-0.25, -0.2) is 0 Å². The van der Waals surface area contributed by atoms with Crippen molar-refractivity contribution in [1.82, 2.24) is 4.90 Å². The van der Waals surface area contributed by atoms with Gasteiger partial charge in [-0.05, 0) is 49.9 Å². The second-order valence-electron chi connectivity index (χ2n) is 6.03. The molecule has 1 fully saturated rings. The van der Waals surface area contributed by atoms with Crippen LogP contribution in [0.1, 0.15) is 25.8 Å². The van der Waals surface area contributed by atoms with Gasteiger partial charge in [0.2, 0.25) is 0 Å². The molecule has 0 aliphatic carbocycles. The Bertz CT molecular complexity index is 464. The Hall–Kier alpha value is -1.26. The quantitative estimate of drug-likeness (QED) is 0.904. The molecule has 1 heterocycles. The van der Waals surface area contributed by atoms with Gasteiger partial charge in [0.05, 0.1) is 14.2 Å². The number of hydrogen-bond donors (Lipinski definition) is 1. The zero-order chi connectivity index (χ0) is 15.4. The minimum Gasteiger partial charge on any atom is -0.493 e. The number of hydrogen-bond acceptors (Lipinski definition) is 4. The van der Waals surface area contributed by atoms with E-state index in [1.54, 1.807) is 14.2 Å². The van der Waals surface area contributed by atoms with E-state index in [1.165, 1.54) is 5.56 Å². The van der Waals surface area contributed by atoms with E-state index in [4.69, 9.17) is 15.2 Å². The van der Waals surface area contributed by atoms with Crippen LogP contribution in [0.25, 0.3) is 0 Å². The van der Waals surface area contributed by atoms with Gasteiger partial charge >= 0.3 is 0 Å². The van der Waals surface area contributed by atoms with Gasteiger partial charge in [-0.3, -0.25) is 4.90 Å². The fourth-order valence-corrected chi connectivity index (χ4v) is 3.10. The van der Waals surface area contributed by atoms with Crippen LogP contribution in [0.15, 0.2) is 18.2 Å². The number of ether oxygens (including phenoxy) is 2. The Kier molecular flexibility index (Phi) is 5.48. The summed E-state index contributed by atoms with van der Waals surface area (Å²) in [6, 6.07) is 7.06. The molecule has 4 heteroatoms. The van der Waals surface area contributed by atoms with Crippen molar-refractivity contribution in [2.75, 3.05) is 27.3 Å². The molecular formula is C17H28N2O2. The fraction of sp³-hybridized carbons (Fsp3) is 0.647. The fourth-order valence-electron chi connectivity index (χ4n) is 3.10. The first-order chi connectivity index (χ1) is 10.1. The van der Waals surface area contributed by atoms with E-state index in [9.17, 15) is 0 Å². The lowest BCUT2D eigenvalue weighted by molar-refractivity contribution is 0.0992. The van der Waals surface area contributed by atoms with Gasteiger partial charge in [-0.1, -0.05) is 13.0 Å². The Morgan fingerprint density at radius 3 is 2.57 bits per heavy atom. The van der Waals surface area contributed by atoms with Crippen LogP contribution in [0.3, 0.4) is 0 Å². The minimum atomic E-state index is 0.345. The zero-order valence-electron chi connectivity index (χ0n) is 13.6. The third kappa shape index (κ3) is 3.69. The smallest absolute Gasteiger partial charge is 0.160 e. The molecule has 4 nitrogen and oxygen atoms in total. The summed E-state index contributed by atoms with van der Waals surface area (Å²) in [5, 5.41) is 0. The summed E-state index contributed by atoms with van der Waals surface area (Å²) in [6.45, 7) is 6.71. The van der Waals surface area contributed by atoms with Crippen molar-refractivity contribution >= 4 is 0 Å². The molecule has 21 heavy (non-hydrogen) atoms. The summed E-state index contributed by atoms with van der Waals surface area (Å²) in [5.74, 6) is 2.15. The van der Waals surface area contributed by atoms with Gasteiger partial charge < -0.3 is 15.2 Å². The summed E-state index contributed by atoms with van der Waals surface area (Å²) in [5.41, 5.74) is 7.43. The van der Waals surface area contributed by atoms with E-state index in [1.807, 2.05) is 6.07 Å². The molecule has 118 valence electrons. The van der Waals surface area contributed by atoms with Crippen LogP contribution >= 0.6 is 0 Å². The van der Waals surface area contributed by atoms with Gasteiger partial charge in [-0.15, -0.1) is 0 Å². The molecule has 0 radical (unpaired) electrons. The van der Waals surface area contributed by atoms with Crippen LogP contribution < -0.4 is 15.2 Å².